The number of hydrogen-bond donors (Lipinski definition) is 1. The molecule has 2 atom stereocenters. The Labute approximate surface area is 107 Å². The van der Waals surface area contributed by atoms with Gasteiger partial charge in [-0.15, -0.1) is 0 Å². The SMILES string of the molecule is Cc1cc(C(=O)N2CCC3NCCC3C2)nn1C. The lowest BCUT2D eigenvalue weighted by molar-refractivity contribution is 0.0655. The highest BCUT2D eigenvalue weighted by Gasteiger charge is 2.35. The maximum atomic E-state index is 12.4. The third-order valence-electron chi connectivity index (χ3n) is 4.28. The second-order valence-corrected chi connectivity index (χ2v) is 5.44. The van der Waals surface area contributed by atoms with Crippen molar-refractivity contribution in [2.75, 3.05) is 19.6 Å². The zero-order chi connectivity index (χ0) is 12.7. The van der Waals surface area contributed by atoms with E-state index in [0.29, 0.717) is 17.7 Å². The minimum Gasteiger partial charge on any atom is -0.337 e. The average molecular weight is 248 g/mol. The molecule has 1 N–H and O–H groups in total. The van der Waals surface area contributed by atoms with Crippen molar-refractivity contribution in [2.45, 2.75) is 25.8 Å². The van der Waals surface area contributed by atoms with Crippen LogP contribution < -0.4 is 5.32 Å². The van der Waals surface area contributed by atoms with Crippen LogP contribution in [0.5, 0.6) is 0 Å². The Hall–Kier alpha value is -1.36. The van der Waals surface area contributed by atoms with Gasteiger partial charge in [-0.1, -0.05) is 0 Å². The number of carbonyl (C=O) groups excluding carboxylic acids is 1. The van der Waals surface area contributed by atoms with E-state index in [1.54, 1.807) is 4.68 Å². The first kappa shape index (κ1) is 11.7. The van der Waals surface area contributed by atoms with E-state index in [1.165, 1.54) is 6.42 Å². The van der Waals surface area contributed by atoms with Crippen LogP contribution in [0.15, 0.2) is 6.07 Å². The summed E-state index contributed by atoms with van der Waals surface area (Å²) in [6.45, 7) is 4.80. The molecule has 2 unspecified atom stereocenters. The number of amides is 1. The van der Waals surface area contributed by atoms with Gasteiger partial charge in [-0.05, 0) is 38.3 Å². The van der Waals surface area contributed by atoms with Crippen molar-refractivity contribution in [2.24, 2.45) is 13.0 Å². The number of likely N-dealkylation sites (tertiary alicyclic amines) is 1. The first-order chi connectivity index (χ1) is 8.65. The molecule has 1 aromatic heterocycles. The summed E-state index contributed by atoms with van der Waals surface area (Å²) in [7, 11) is 1.87. The van der Waals surface area contributed by atoms with Crippen molar-refractivity contribution in [3.63, 3.8) is 0 Å². The van der Waals surface area contributed by atoms with Crippen LogP contribution in [0.25, 0.3) is 0 Å². The van der Waals surface area contributed by atoms with Gasteiger partial charge >= 0.3 is 0 Å². The number of fused-ring (bicyclic) bond motifs is 1. The van der Waals surface area contributed by atoms with Crippen LogP contribution in [-0.2, 0) is 7.05 Å². The van der Waals surface area contributed by atoms with Crippen LogP contribution >= 0.6 is 0 Å². The summed E-state index contributed by atoms with van der Waals surface area (Å²) >= 11 is 0. The molecule has 1 aromatic rings. The fourth-order valence-corrected chi connectivity index (χ4v) is 3.06. The molecule has 5 nitrogen and oxygen atoms in total. The van der Waals surface area contributed by atoms with Gasteiger partial charge in [0.2, 0.25) is 0 Å². The van der Waals surface area contributed by atoms with Crippen LogP contribution in [0.1, 0.15) is 29.0 Å². The zero-order valence-corrected chi connectivity index (χ0v) is 11.0. The third kappa shape index (κ3) is 1.92. The smallest absolute Gasteiger partial charge is 0.274 e. The van der Waals surface area contributed by atoms with Crippen LogP contribution in [0.2, 0.25) is 0 Å². The highest BCUT2D eigenvalue weighted by Crippen LogP contribution is 2.25. The topological polar surface area (TPSA) is 50.2 Å². The first-order valence-corrected chi connectivity index (χ1v) is 6.68. The Balaban J connectivity index is 1.73. The van der Waals surface area contributed by atoms with Crippen LogP contribution in [-0.4, -0.2) is 46.3 Å². The summed E-state index contributed by atoms with van der Waals surface area (Å²) in [6, 6.07) is 2.50. The second-order valence-electron chi connectivity index (χ2n) is 5.44. The normalized spacial score (nSPS) is 27.3. The van der Waals surface area contributed by atoms with Gasteiger partial charge in [0.1, 0.15) is 0 Å². The van der Waals surface area contributed by atoms with Crippen LogP contribution in [0, 0.1) is 12.8 Å². The molecular formula is C13H20N4O. The molecule has 3 heterocycles. The molecule has 2 aliphatic rings. The number of carbonyl (C=O) groups is 1. The number of rotatable bonds is 1. The Morgan fingerprint density at radius 1 is 1.50 bits per heavy atom. The van der Waals surface area contributed by atoms with Gasteiger partial charge in [0.25, 0.3) is 5.91 Å². The van der Waals surface area contributed by atoms with Crippen molar-refractivity contribution in [1.29, 1.82) is 0 Å². The predicted molar refractivity (Wildman–Crippen MR) is 68.4 cm³/mol. The fraction of sp³-hybridized carbons (Fsp3) is 0.692. The molecule has 0 aromatic carbocycles. The summed E-state index contributed by atoms with van der Waals surface area (Å²) in [4.78, 5) is 14.4. The van der Waals surface area contributed by atoms with Crippen molar-refractivity contribution < 1.29 is 4.79 Å². The maximum Gasteiger partial charge on any atom is 0.274 e. The van der Waals surface area contributed by atoms with Crippen LogP contribution in [0.4, 0.5) is 0 Å². The van der Waals surface area contributed by atoms with Gasteiger partial charge in [0, 0.05) is 31.9 Å². The lowest BCUT2D eigenvalue weighted by atomic mass is 9.93. The molecule has 2 fully saturated rings. The first-order valence-electron chi connectivity index (χ1n) is 6.68. The Kier molecular flexibility index (Phi) is 2.86. The summed E-state index contributed by atoms with van der Waals surface area (Å²) in [5, 5.41) is 7.79. The molecule has 98 valence electrons. The molecule has 1 amide bonds. The summed E-state index contributed by atoms with van der Waals surface area (Å²) in [5.41, 5.74) is 1.61. The number of nitrogens with zero attached hydrogens (tertiary/aromatic N) is 3. The van der Waals surface area contributed by atoms with Crippen LogP contribution in [0.3, 0.4) is 0 Å². The highest BCUT2D eigenvalue weighted by molar-refractivity contribution is 5.92. The minimum atomic E-state index is 0.0871. The Bertz CT molecular complexity index is 448. The fourth-order valence-electron chi connectivity index (χ4n) is 3.06. The van der Waals surface area contributed by atoms with Crippen molar-refractivity contribution in [1.82, 2.24) is 20.0 Å². The summed E-state index contributed by atoms with van der Waals surface area (Å²) in [5.74, 6) is 0.719. The average Bonchev–Trinajstić information content (AvgIpc) is 2.95. The van der Waals surface area contributed by atoms with Gasteiger partial charge in [0.05, 0.1) is 0 Å². The molecule has 3 rings (SSSR count). The maximum absolute atomic E-state index is 12.4. The van der Waals surface area contributed by atoms with Crippen molar-refractivity contribution in [3.05, 3.63) is 17.5 Å². The van der Waals surface area contributed by atoms with E-state index >= 15 is 0 Å². The zero-order valence-electron chi connectivity index (χ0n) is 11.0. The molecule has 0 aliphatic carbocycles. The standard InChI is InChI=1S/C13H20N4O/c1-9-7-12(15-16(9)2)13(18)17-6-4-11-10(8-17)3-5-14-11/h7,10-11,14H,3-6,8H2,1-2H3. The number of aryl methyl sites for hydroxylation is 2. The monoisotopic (exact) mass is 248 g/mol. The van der Waals surface area contributed by atoms with E-state index in [9.17, 15) is 4.79 Å². The van der Waals surface area contributed by atoms with E-state index < -0.39 is 0 Å². The molecule has 2 saturated heterocycles. The number of nitrogens with one attached hydrogen (secondary N) is 1. The van der Waals surface area contributed by atoms with E-state index in [2.05, 4.69) is 10.4 Å². The molecule has 0 radical (unpaired) electrons. The Morgan fingerprint density at radius 3 is 3.06 bits per heavy atom. The number of piperidine rings is 1. The lowest BCUT2D eigenvalue weighted by Crippen LogP contribution is -2.47. The quantitative estimate of drug-likeness (QED) is 0.789. The summed E-state index contributed by atoms with van der Waals surface area (Å²) < 4.78 is 1.76. The molecule has 5 heteroatoms. The van der Waals surface area contributed by atoms with Crippen molar-refractivity contribution >= 4 is 5.91 Å². The van der Waals surface area contributed by atoms with Crippen molar-refractivity contribution in [3.8, 4) is 0 Å². The molecule has 0 bridgehead atoms. The summed E-state index contributed by atoms with van der Waals surface area (Å²) in [6.07, 6.45) is 2.26. The second kappa shape index (κ2) is 4.39. The molecular weight excluding hydrogens is 228 g/mol. The molecule has 2 aliphatic heterocycles. The Morgan fingerprint density at radius 2 is 2.33 bits per heavy atom. The predicted octanol–water partition coefficient (Wildman–Crippen LogP) is 0.553. The molecule has 18 heavy (non-hydrogen) atoms. The van der Waals surface area contributed by atoms with E-state index in [4.69, 9.17) is 0 Å². The molecule has 0 saturated carbocycles. The van der Waals surface area contributed by atoms with E-state index in [1.807, 2.05) is 24.9 Å². The van der Waals surface area contributed by atoms with Gasteiger partial charge in [-0.2, -0.15) is 5.10 Å². The highest BCUT2D eigenvalue weighted by atomic mass is 16.2. The molecule has 0 spiro atoms. The number of hydrogen-bond acceptors (Lipinski definition) is 3. The number of aromatic nitrogens is 2. The van der Waals surface area contributed by atoms with Gasteiger partial charge in [-0.3, -0.25) is 9.48 Å². The van der Waals surface area contributed by atoms with E-state index in [-0.39, 0.29) is 5.91 Å². The van der Waals surface area contributed by atoms with Gasteiger partial charge < -0.3 is 10.2 Å². The largest absolute Gasteiger partial charge is 0.337 e. The lowest BCUT2D eigenvalue weighted by Gasteiger charge is -2.34. The van der Waals surface area contributed by atoms with E-state index in [0.717, 1.165) is 31.7 Å². The third-order valence-corrected chi connectivity index (χ3v) is 4.28. The van der Waals surface area contributed by atoms with Gasteiger partial charge in [0.15, 0.2) is 5.69 Å². The minimum absolute atomic E-state index is 0.0871. The van der Waals surface area contributed by atoms with Gasteiger partial charge in [-0.25, -0.2) is 0 Å².